The Morgan fingerprint density at radius 3 is 2.69 bits per heavy atom. The SMILES string of the molecule is COc1cc(F)c(CCC2CC(CC(C)=O)C(=O)C=C2OCO)cc1O. The number of benzene rings is 1. The Bertz CT molecular complexity index is 712. The van der Waals surface area contributed by atoms with E-state index in [1.165, 1.54) is 26.2 Å². The molecule has 1 aromatic rings. The number of hydrogen-bond acceptors (Lipinski definition) is 6. The first-order valence-electron chi connectivity index (χ1n) is 8.39. The Balaban J connectivity index is 2.15. The van der Waals surface area contributed by atoms with Crippen molar-refractivity contribution in [2.24, 2.45) is 11.8 Å². The zero-order valence-corrected chi connectivity index (χ0v) is 14.8. The molecular formula is C19H23FO6. The van der Waals surface area contributed by atoms with Crippen LogP contribution in [0.25, 0.3) is 0 Å². The van der Waals surface area contributed by atoms with Crippen molar-refractivity contribution in [1.29, 1.82) is 0 Å². The number of halogens is 1. The Hall–Kier alpha value is -2.41. The van der Waals surface area contributed by atoms with Gasteiger partial charge in [0.15, 0.2) is 24.1 Å². The average molecular weight is 366 g/mol. The number of aryl methyl sites for hydroxylation is 1. The third-order valence-corrected chi connectivity index (χ3v) is 4.53. The van der Waals surface area contributed by atoms with Crippen LogP contribution in [0.5, 0.6) is 11.5 Å². The second kappa shape index (κ2) is 8.80. The lowest BCUT2D eigenvalue weighted by molar-refractivity contribution is -0.125. The highest BCUT2D eigenvalue weighted by atomic mass is 19.1. The standard InChI is InChI=1S/C19H23FO6/c1-11(22)5-14-6-13(18(26-10-21)9-16(14)23)4-3-12-7-17(24)19(25-2)8-15(12)20/h7-9,13-14,21,24H,3-6,10H2,1-2H3. The van der Waals surface area contributed by atoms with Gasteiger partial charge in [-0.15, -0.1) is 0 Å². The minimum atomic E-state index is -0.565. The number of allylic oxidation sites excluding steroid dienone is 2. The number of ketones is 2. The van der Waals surface area contributed by atoms with Crippen LogP contribution in [0.1, 0.15) is 31.7 Å². The summed E-state index contributed by atoms with van der Waals surface area (Å²) in [6.45, 7) is 0.867. The number of phenolic OH excluding ortho intramolecular Hbond substituents is 1. The van der Waals surface area contributed by atoms with Gasteiger partial charge in [-0.25, -0.2) is 4.39 Å². The molecule has 0 aliphatic heterocycles. The van der Waals surface area contributed by atoms with Crippen LogP contribution in [-0.4, -0.2) is 35.7 Å². The molecule has 6 nitrogen and oxygen atoms in total. The summed E-state index contributed by atoms with van der Waals surface area (Å²) in [6, 6.07) is 2.43. The Labute approximate surface area is 151 Å². The fourth-order valence-electron chi connectivity index (χ4n) is 3.25. The van der Waals surface area contributed by atoms with Gasteiger partial charge < -0.3 is 24.5 Å². The molecule has 0 heterocycles. The molecule has 2 atom stereocenters. The van der Waals surface area contributed by atoms with E-state index < -0.39 is 18.5 Å². The molecule has 0 aromatic heterocycles. The summed E-state index contributed by atoms with van der Waals surface area (Å²) in [5.41, 5.74) is 0.312. The number of Topliss-reactive ketones (excluding diaryl/α,β-unsaturated/α-hetero) is 1. The number of hydrogen-bond donors (Lipinski definition) is 2. The normalized spacial score (nSPS) is 19.8. The molecule has 2 rings (SSSR count). The van der Waals surface area contributed by atoms with Gasteiger partial charge in [-0.3, -0.25) is 4.79 Å². The molecule has 0 spiro atoms. The molecule has 0 bridgehead atoms. The summed E-state index contributed by atoms with van der Waals surface area (Å²) in [5.74, 6) is -1.19. The van der Waals surface area contributed by atoms with Gasteiger partial charge in [0, 0.05) is 30.4 Å². The second-order valence-corrected chi connectivity index (χ2v) is 6.41. The van der Waals surface area contributed by atoms with E-state index in [0.29, 0.717) is 30.6 Å². The number of aliphatic hydroxyl groups excluding tert-OH is 1. The predicted molar refractivity (Wildman–Crippen MR) is 91.1 cm³/mol. The monoisotopic (exact) mass is 366 g/mol. The fourth-order valence-corrected chi connectivity index (χ4v) is 3.25. The van der Waals surface area contributed by atoms with Gasteiger partial charge in [0.05, 0.1) is 7.11 Å². The van der Waals surface area contributed by atoms with Crippen LogP contribution in [0.15, 0.2) is 24.0 Å². The average Bonchev–Trinajstić information content (AvgIpc) is 2.58. The van der Waals surface area contributed by atoms with Crippen molar-refractivity contribution < 1.29 is 33.7 Å². The first kappa shape index (κ1) is 19.9. The minimum Gasteiger partial charge on any atom is -0.504 e. The number of ether oxygens (including phenoxy) is 2. The maximum atomic E-state index is 14.2. The molecule has 1 aliphatic carbocycles. The van der Waals surface area contributed by atoms with E-state index >= 15 is 0 Å². The van der Waals surface area contributed by atoms with Crippen molar-refractivity contribution in [3.63, 3.8) is 0 Å². The number of carbonyl (C=O) groups is 2. The summed E-state index contributed by atoms with van der Waals surface area (Å²) in [5, 5.41) is 18.8. The molecule has 26 heavy (non-hydrogen) atoms. The van der Waals surface area contributed by atoms with Crippen molar-refractivity contribution in [3.05, 3.63) is 35.3 Å². The number of rotatable bonds is 8. The van der Waals surface area contributed by atoms with Crippen molar-refractivity contribution in [1.82, 2.24) is 0 Å². The molecule has 7 heteroatoms. The summed E-state index contributed by atoms with van der Waals surface area (Å²) in [6.07, 6.45) is 2.60. The van der Waals surface area contributed by atoms with Gasteiger partial charge in [0.1, 0.15) is 17.4 Å². The number of aliphatic hydroxyl groups is 1. The lowest BCUT2D eigenvalue weighted by atomic mass is 9.79. The third kappa shape index (κ3) is 4.82. The number of phenols is 1. The van der Waals surface area contributed by atoms with Crippen LogP contribution < -0.4 is 4.74 Å². The molecule has 2 unspecified atom stereocenters. The van der Waals surface area contributed by atoms with Crippen LogP contribution in [0, 0.1) is 17.7 Å². The molecule has 1 aromatic carbocycles. The highest BCUT2D eigenvalue weighted by Gasteiger charge is 2.31. The van der Waals surface area contributed by atoms with Crippen molar-refractivity contribution in [3.8, 4) is 11.5 Å². The van der Waals surface area contributed by atoms with Crippen molar-refractivity contribution in [2.45, 2.75) is 32.6 Å². The maximum absolute atomic E-state index is 14.2. The molecule has 0 amide bonds. The Morgan fingerprint density at radius 2 is 2.08 bits per heavy atom. The molecule has 1 aliphatic rings. The van der Waals surface area contributed by atoms with Gasteiger partial charge in [-0.1, -0.05) is 0 Å². The third-order valence-electron chi connectivity index (χ3n) is 4.53. The molecule has 2 N–H and O–H groups in total. The number of aromatic hydroxyl groups is 1. The van der Waals surface area contributed by atoms with E-state index in [2.05, 4.69) is 0 Å². The fraction of sp³-hybridized carbons (Fsp3) is 0.474. The van der Waals surface area contributed by atoms with Crippen LogP contribution in [0.3, 0.4) is 0 Å². The van der Waals surface area contributed by atoms with Crippen LogP contribution in [-0.2, 0) is 20.7 Å². The molecule has 0 saturated carbocycles. The smallest absolute Gasteiger partial charge is 0.185 e. The summed E-state index contributed by atoms with van der Waals surface area (Å²) in [7, 11) is 1.34. The lowest BCUT2D eigenvalue weighted by Crippen LogP contribution is -2.27. The molecule has 142 valence electrons. The first-order chi connectivity index (χ1) is 12.3. The van der Waals surface area contributed by atoms with E-state index in [4.69, 9.17) is 14.6 Å². The maximum Gasteiger partial charge on any atom is 0.185 e. The Morgan fingerprint density at radius 1 is 1.35 bits per heavy atom. The molecule has 0 saturated heterocycles. The van der Waals surface area contributed by atoms with E-state index in [9.17, 15) is 19.1 Å². The zero-order valence-electron chi connectivity index (χ0n) is 14.8. The highest BCUT2D eigenvalue weighted by Crippen LogP contribution is 2.35. The lowest BCUT2D eigenvalue weighted by Gasteiger charge is -2.28. The summed E-state index contributed by atoms with van der Waals surface area (Å²) < 4.78 is 24.2. The number of methoxy groups -OCH3 is 1. The van der Waals surface area contributed by atoms with Gasteiger partial charge in [-0.2, -0.15) is 0 Å². The number of carbonyl (C=O) groups excluding carboxylic acids is 2. The van der Waals surface area contributed by atoms with Crippen molar-refractivity contribution in [2.75, 3.05) is 13.9 Å². The van der Waals surface area contributed by atoms with E-state index in [0.717, 1.165) is 6.07 Å². The van der Waals surface area contributed by atoms with Crippen molar-refractivity contribution >= 4 is 11.6 Å². The second-order valence-electron chi connectivity index (χ2n) is 6.41. The largest absolute Gasteiger partial charge is 0.504 e. The van der Waals surface area contributed by atoms with Gasteiger partial charge in [0.2, 0.25) is 0 Å². The molecule has 0 radical (unpaired) electrons. The van der Waals surface area contributed by atoms with Crippen LogP contribution in [0.2, 0.25) is 0 Å². The molecule has 0 fully saturated rings. The minimum absolute atomic E-state index is 0.0558. The highest BCUT2D eigenvalue weighted by molar-refractivity contribution is 5.95. The van der Waals surface area contributed by atoms with E-state index in [1.54, 1.807) is 0 Å². The summed E-state index contributed by atoms with van der Waals surface area (Å²) >= 11 is 0. The summed E-state index contributed by atoms with van der Waals surface area (Å²) in [4.78, 5) is 23.5. The van der Waals surface area contributed by atoms with Crippen LogP contribution >= 0.6 is 0 Å². The topological polar surface area (TPSA) is 93.1 Å². The van der Waals surface area contributed by atoms with Gasteiger partial charge in [-0.05, 0) is 37.8 Å². The van der Waals surface area contributed by atoms with Gasteiger partial charge in [0.25, 0.3) is 0 Å². The Kier molecular flexibility index (Phi) is 6.74. The van der Waals surface area contributed by atoms with E-state index in [1.807, 2.05) is 0 Å². The molecular weight excluding hydrogens is 343 g/mol. The first-order valence-corrected chi connectivity index (χ1v) is 8.39. The quantitative estimate of drug-likeness (QED) is 0.687. The predicted octanol–water partition coefficient (Wildman–Crippen LogP) is 2.51. The van der Waals surface area contributed by atoms with E-state index in [-0.39, 0.29) is 35.4 Å². The zero-order chi connectivity index (χ0) is 19.3. The van der Waals surface area contributed by atoms with Crippen LogP contribution in [0.4, 0.5) is 4.39 Å². The van der Waals surface area contributed by atoms with Gasteiger partial charge >= 0.3 is 0 Å².